The Kier molecular flexibility index (Phi) is 4.22. The Morgan fingerprint density at radius 2 is 1.93 bits per heavy atom. The van der Waals surface area contributed by atoms with Crippen LogP contribution in [0.3, 0.4) is 0 Å². The average Bonchev–Trinajstić information content (AvgIpc) is 3.15. The third kappa shape index (κ3) is 2.73. The predicted octanol–water partition coefficient (Wildman–Crippen LogP) is 1.99. The summed E-state index contributed by atoms with van der Waals surface area (Å²) in [5.74, 6) is 0.684. The molecule has 0 saturated heterocycles. The number of aryl methyl sites for hydroxylation is 1. The molecule has 0 radical (unpaired) electrons. The molecule has 0 fully saturated rings. The van der Waals surface area contributed by atoms with E-state index in [0.29, 0.717) is 23.0 Å². The van der Waals surface area contributed by atoms with Gasteiger partial charge in [0.2, 0.25) is 0 Å². The van der Waals surface area contributed by atoms with Gasteiger partial charge in [-0.2, -0.15) is 10.2 Å². The van der Waals surface area contributed by atoms with Crippen LogP contribution in [-0.2, 0) is 20.0 Å². The van der Waals surface area contributed by atoms with Crippen LogP contribution in [0, 0.1) is 0 Å². The number of nitrogens with two attached hydrogens (primary N) is 1. The van der Waals surface area contributed by atoms with E-state index in [9.17, 15) is 9.59 Å². The fourth-order valence-electron chi connectivity index (χ4n) is 4.13. The zero-order valence-corrected chi connectivity index (χ0v) is 16.4. The SMILES string of the molecule is Cn1ncc(-c2ccc3c(=O)[nH]nc(CN)c3c2)c1N1CCc2ccccc2C1=O. The molecule has 0 spiro atoms. The van der Waals surface area contributed by atoms with Gasteiger partial charge >= 0.3 is 0 Å². The van der Waals surface area contributed by atoms with Crippen molar-refractivity contribution in [3.8, 4) is 11.1 Å². The van der Waals surface area contributed by atoms with Crippen LogP contribution >= 0.6 is 0 Å². The van der Waals surface area contributed by atoms with Gasteiger partial charge in [0.05, 0.1) is 17.3 Å². The van der Waals surface area contributed by atoms with Crippen LogP contribution in [0.1, 0.15) is 21.6 Å². The number of aromatic amines is 1. The van der Waals surface area contributed by atoms with Crippen LogP contribution in [0.25, 0.3) is 21.9 Å². The third-order valence-corrected chi connectivity index (χ3v) is 5.63. The number of carbonyl (C=O) groups is 1. The predicted molar refractivity (Wildman–Crippen MR) is 114 cm³/mol. The quantitative estimate of drug-likeness (QED) is 0.546. The van der Waals surface area contributed by atoms with Crippen molar-refractivity contribution in [3.63, 3.8) is 0 Å². The van der Waals surface area contributed by atoms with Gasteiger partial charge in [-0.1, -0.05) is 24.3 Å². The lowest BCUT2D eigenvalue weighted by Crippen LogP contribution is -2.39. The minimum Gasteiger partial charge on any atom is -0.325 e. The molecule has 150 valence electrons. The number of hydrogen-bond donors (Lipinski definition) is 2. The van der Waals surface area contributed by atoms with Gasteiger partial charge in [-0.05, 0) is 35.7 Å². The van der Waals surface area contributed by atoms with Crippen molar-refractivity contribution in [2.45, 2.75) is 13.0 Å². The second-order valence-electron chi connectivity index (χ2n) is 7.33. The molecular formula is C22H20N6O2. The molecule has 30 heavy (non-hydrogen) atoms. The van der Waals surface area contributed by atoms with E-state index in [1.165, 1.54) is 0 Å². The molecule has 1 amide bonds. The number of aromatic nitrogens is 4. The number of fused-ring (bicyclic) bond motifs is 2. The number of hydrogen-bond acceptors (Lipinski definition) is 5. The van der Waals surface area contributed by atoms with E-state index in [2.05, 4.69) is 15.3 Å². The molecule has 2 aromatic carbocycles. The molecule has 8 heteroatoms. The number of nitrogens with one attached hydrogen (secondary N) is 1. The van der Waals surface area contributed by atoms with Crippen LogP contribution in [-0.4, -0.2) is 32.4 Å². The molecule has 3 N–H and O–H groups in total. The summed E-state index contributed by atoms with van der Waals surface area (Å²) in [6.45, 7) is 0.781. The van der Waals surface area contributed by atoms with Crippen LogP contribution < -0.4 is 16.2 Å². The second-order valence-corrected chi connectivity index (χ2v) is 7.33. The summed E-state index contributed by atoms with van der Waals surface area (Å²) < 4.78 is 1.71. The number of benzene rings is 2. The first-order valence-electron chi connectivity index (χ1n) is 9.72. The monoisotopic (exact) mass is 400 g/mol. The first kappa shape index (κ1) is 18.3. The van der Waals surface area contributed by atoms with Crippen molar-refractivity contribution in [3.05, 3.63) is 75.8 Å². The Morgan fingerprint density at radius 3 is 2.77 bits per heavy atom. The molecule has 8 nitrogen and oxygen atoms in total. The van der Waals surface area contributed by atoms with E-state index in [0.717, 1.165) is 34.5 Å². The van der Waals surface area contributed by atoms with E-state index in [-0.39, 0.29) is 18.0 Å². The largest absolute Gasteiger partial charge is 0.325 e. The maximum Gasteiger partial charge on any atom is 0.272 e. The molecule has 0 atom stereocenters. The highest BCUT2D eigenvalue weighted by atomic mass is 16.2. The number of anilines is 1. The average molecular weight is 400 g/mol. The van der Waals surface area contributed by atoms with Gasteiger partial charge in [-0.3, -0.25) is 19.2 Å². The van der Waals surface area contributed by atoms with E-state index in [1.54, 1.807) is 21.8 Å². The Morgan fingerprint density at radius 1 is 1.10 bits per heavy atom. The summed E-state index contributed by atoms with van der Waals surface area (Å²) >= 11 is 0. The fraction of sp³-hybridized carbons (Fsp3) is 0.182. The van der Waals surface area contributed by atoms with E-state index >= 15 is 0 Å². The zero-order valence-electron chi connectivity index (χ0n) is 16.4. The standard InChI is InChI=1S/C22H20N6O2/c1-27-21(28-9-8-13-4-2-3-5-15(13)22(28)30)18(12-24-27)14-6-7-16-17(10-14)19(11-23)25-26-20(16)29/h2-7,10,12H,8-9,11,23H2,1H3,(H,26,29). The van der Waals surface area contributed by atoms with Crippen molar-refractivity contribution < 1.29 is 4.79 Å². The molecule has 5 rings (SSSR count). The minimum atomic E-state index is -0.261. The summed E-state index contributed by atoms with van der Waals surface area (Å²) in [5, 5.41) is 12.2. The van der Waals surface area contributed by atoms with Gasteiger partial charge in [0.1, 0.15) is 5.82 Å². The topological polar surface area (TPSA) is 110 Å². The highest BCUT2D eigenvalue weighted by Crippen LogP contribution is 2.34. The highest BCUT2D eigenvalue weighted by Gasteiger charge is 2.29. The van der Waals surface area contributed by atoms with Gasteiger partial charge in [-0.25, -0.2) is 5.10 Å². The molecule has 2 aromatic heterocycles. The Labute approximate surface area is 171 Å². The molecule has 1 aliphatic heterocycles. The maximum absolute atomic E-state index is 13.2. The lowest BCUT2D eigenvalue weighted by atomic mass is 9.98. The van der Waals surface area contributed by atoms with E-state index < -0.39 is 0 Å². The lowest BCUT2D eigenvalue weighted by Gasteiger charge is -2.29. The number of rotatable bonds is 3. The van der Waals surface area contributed by atoms with Gasteiger partial charge in [0.25, 0.3) is 11.5 Å². The van der Waals surface area contributed by atoms with Crippen molar-refractivity contribution in [2.24, 2.45) is 12.8 Å². The molecule has 0 aliphatic carbocycles. The molecule has 0 saturated carbocycles. The maximum atomic E-state index is 13.2. The Bertz CT molecular complexity index is 1350. The first-order valence-corrected chi connectivity index (χ1v) is 9.72. The van der Waals surface area contributed by atoms with Gasteiger partial charge in [0, 0.05) is 36.7 Å². The molecule has 3 heterocycles. The number of amides is 1. The lowest BCUT2D eigenvalue weighted by molar-refractivity contribution is 0.0979. The number of nitrogens with zero attached hydrogens (tertiary/aromatic N) is 4. The summed E-state index contributed by atoms with van der Waals surface area (Å²) in [5.41, 5.74) is 9.61. The minimum absolute atomic E-state index is 0.0387. The van der Waals surface area contributed by atoms with Crippen molar-refractivity contribution in [1.82, 2.24) is 20.0 Å². The molecule has 0 bridgehead atoms. The summed E-state index contributed by atoms with van der Waals surface area (Å²) in [4.78, 5) is 27.1. The fourth-order valence-corrected chi connectivity index (χ4v) is 4.13. The normalized spacial score (nSPS) is 13.7. The van der Waals surface area contributed by atoms with Gasteiger partial charge < -0.3 is 5.73 Å². The number of carbonyl (C=O) groups excluding carboxylic acids is 1. The third-order valence-electron chi connectivity index (χ3n) is 5.63. The molecule has 4 aromatic rings. The van der Waals surface area contributed by atoms with Crippen LogP contribution in [0.15, 0.2) is 53.5 Å². The van der Waals surface area contributed by atoms with E-state index in [4.69, 9.17) is 5.73 Å². The van der Waals surface area contributed by atoms with Crippen LogP contribution in [0.5, 0.6) is 0 Å². The summed E-state index contributed by atoms with van der Waals surface area (Å²) in [6, 6.07) is 13.2. The summed E-state index contributed by atoms with van der Waals surface area (Å²) in [7, 11) is 1.82. The smallest absolute Gasteiger partial charge is 0.272 e. The van der Waals surface area contributed by atoms with Crippen molar-refractivity contribution in [2.75, 3.05) is 11.4 Å². The van der Waals surface area contributed by atoms with Gasteiger partial charge in [-0.15, -0.1) is 0 Å². The molecule has 1 aliphatic rings. The Balaban J connectivity index is 1.65. The number of H-pyrrole nitrogens is 1. The van der Waals surface area contributed by atoms with Crippen LogP contribution in [0.2, 0.25) is 0 Å². The Hall–Kier alpha value is -3.78. The van der Waals surface area contributed by atoms with E-state index in [1.807, 2.05) is 43.4 Å². The zero-order chi connectivity index (χ0) is 20.8. The molecular weight excluding hydrogens is 380 g/mol. The molecule has 0 unspecified atom stereocenters. The highest BCUT2D eigenvalue weighted by molar-refractivity contribution is 6.09. The first-order chi connectivity index (χ1) is 14.6. The second kappa shape index (κ2) is 6.93. The van der Waals surface area contributed by atoms with Crippen molar-refractivity contribution >= 4 is 22.5 Å². The summed E-state index contributed by atoms with van der Waals surface area (Å²) in [6.07, 6.45) is 2.52. The van der Waals surface area contributed by atoms with Crippen molar-refractivity contribution in [1.29, 1.82) is 0 Å². The van der Waals surface area contributed by atoms with Crippen LogP contribution in [0.4, 0.5) is 5.82 Å². The van der Waals surface area contributed by atoms with Gasteiger partial charge in [0.15, 0.2) is 0 Å².